The average molecular weight is 340 g/mol. The molecule has 2 atom stereocenters. The summed E-state index contributed by atoms with van der Waals surface area (Å²) in [6, 6.07) is 8.14. The number of aryl methyl sites for hydroxylation is 1. The monoisotopic (exact) mass is 340 g/mol. The molecule has 1 fully saturated rings. The van der Waals surface area contributed by atoms with Gasteiger partial charge in [0.05, 0.1) is 18.8 Å². The topological polar surface area (TPSA) is 68.2 Å². The molecule has 1 aliphatic carbocycles. The van der Waals surface area contributed by atoms with Gasteiger partial charge in [-0.2, -0.15) is 0 Å². The number of carbonyl (C=O) groups excluding carboxylic acids is 1. The van der Waals surface area contributed by atoms with Crippen molar-refractivity contribution in [1.82, 2.24) is 20.2 Å². The van der Waals surface area contributed by atoms with Crippen LogP contribution in [0.5, 0.6) is 0 Å². The summed E-state index contributed by atoms with van der Waals surface area (Å²) in [7, 11) is 1.96. The molecule has 0 radical (unpaired) electrons. The number of ether oxygens (including phenoxy) is 1. The van der Waals surface area contributed by atoms with E-state index in [2.05, 4.69) is 33.8 Å². The minimum atomic E-state index is -0.151. The number of amides is 2. The molecule has 2 aliphatic rings. The van der Waals surface area contributed by atoms with Crippen LogP contribution in [0.2, 0.25) is 0 Å². The third kappa shape index (κ3) is 3.69. The highest BCUT2D eigenvalue weighted by Gasteiger charge is 2.35. The van der Waals surface area contributed by atoms with Crippen molar-refractivity contribution in [1.29, 1.82) is 0 Å². The van der Waals surface area contributed by atoms with Crippen molar-refractivity contribution in [3.05, 3.63) is 53.6 Å². The van der Waals surface area contributed by atoms with Crippen LogP contribution in [0, 0.1) is 5.92 Å². The van der Waals surface area contributed by atoms with Crippen LogP contribution in [0.4, 0.5) is 4.79 Å². The fourth-order valence-electron chi connectivity index (χ4n) is 3.44. The Morgan fingerprint density at radius 3 is 2.88 bits per heavy atom. The Hall–Kier alpha value is -2.34. The molecule has 2 amide bonds. The van der Waals surface area contributed by atoms with E-state index in [-0.39, 0.29) is 18.2 Å². The number of fused-ring (bicyclic) bond motifs is 1. The molecular weight excluding hydrogens is 316 g/mol. The maximum atomic E-state index is 12.4. The number of urea groups is 1. The number of nitrogens with zero attached hydrogens (tertiary/aromatic N) is 2. The van der Waals surface area contributed by atoms with Gasteiger partial charge in [0.25, 0.3) is 0 Å². The summed E-state index contributed by atoms with van der Waals surface area (Å²) < 4.78 is 7.83. The third-order valence-corrected chi connectivity index (χ3v) is 5.05. The second kappa shape index (κ2) is 6.88. The lowest BCUT2D eigenvalue weighted by atomic mass is 9.99. The molecule has 2 N–H and O–H groups in total. The van der Waals surface area contributed by atoms with Crippen LogP contribution in [-0.4, -0.2) is 28.2 Å². The third-order valence-electron chi connectivity index (χ3n) is 5.05. The highest BCUT2D eigenvalue weighted by Crippen LogP contribution is 2.40. The lowest BCUT2D eigenvalue weighted by molar-refractivity contribution is 0.0305. The Bertz CT molecular complexity index is 753. The van der Waals surface area contributed by atoms with Gasteiger partial charge in [0, 0.05) is 32.4 Å². The van der Waals surface area contributed by atoms with Crippen LogP contribution in [0.15, 0.2) is 36.7 Å². The van der Waals surface area contributed by atoms with E-state index in [1.165, 1.54) is 11.1 Å². The van der Waals surface area contributed by atoms with E-state index < -0.39 is 0 Å². The van der Waals surface area contributed by atoms with Gasteiger partial charge in [0.1, 0.15) is 5.82 Å². The van der Waals surface area contributed by atoms with Gasteiger partial charge >= 0.3 is 6.03 Å². The lowest BCUT2D eigenvalue weighted by Crippen LogP contribution is -2.44. The number of imidazole rings is 1. The Kier molecular flexibility index (Phi) is 4.44. The van der Waals surface area contributed by atoms with Gasteiger partial charge in [-0.05, 0) is 29.9 Å². The number of carbonyl (C=O) groups is 1. The van der Waals surface area contributed by atoms with Gasteiger partial charge in [0.2, 0.25) is 0 Å². The molecule has 2 aromatic rings. The highest BCUT2D eigenvalue weighted by molar-refractivity contribution is 5.74. The number of aromatic nitrogens is 2. The number of hydrogen-bond acceptors (Lipinski definition) is 3. The quantitative estimate of drug-likeness (QED) is 0.878. The maximum absolute atomic E-state index is 12.4. The number of benzene rings is 1. The van der Waals surface area contributed by atoms with Gasteiger partial charge in [-0.1, -0.05) is 24.3 Å². The molecule has 25 heavy (non-hydrogen) atoms. The first kappa shape index (κ1) is 16.1. The molecule has 0 saturated heterocycles. The molecule has 2 heterocycles. The summed E-state index contributed by atoms with van der Waals surface area (Å²) in [6.07, 6.45) is 6.82. The van der Waals surface area contributed by atoms with E-state index in [4.69, 9.17) is 4.74 Å². The van der Waals surface area contributed by atoms with Crippen molar-refractivity contribution in [3.8, 4) is 0 Å². The Labute approximate surface area is 147 Å². The van der Waals surface area contributed by atoms with Gasteiger partial charge in [-0.25, -0.2) is 9.78 Å². The van der Waals surface area contributed by atoms with Crippen molar-refractivity contribution in [2.75, 3.05) is 6.54 Å². The molecule has 6 nitrogen and oxygen atoms in total. The van der Waals surface area contributed by atoms with E-state index in [1.807, 2.05) is 23.9 Å². The van der Waals surface area contributed by atoms with Crippen LogP contribution < -0.4 is 10.6 Å². The standard InChI is InChI=1S/C19H24N4O2/c1-23-9-8-20-18(23)17(13-6-7-13)22-19(24)21-11-16-10-14-4-2-3-5-15(14)12-25-16/h2-5,8-9,13,16-17H,6-7,10-12H2,1H3,(H2,21,22,24)/t16-,17?/m0/s1. The van der Waals surface area contributed by atoms with Crippen molar-refractivity contribution < 1.29 is 9.53 Å². The average Bonchev–Trinajstić information content (AvgIpc) is 3.39. The molecule has 0 spiro atoms. The first-order valence-corrected chi connectivity index (χ1v) is 8.90. The molecule has 6 heteroatoms. The van der Waals surface area contributed by atoms with Crippen molar-refractivity contribution >= 4 is 6.03 Å². The first-order valence-electron chi connectivity index (χ1n) is 8.90. The minimum Gasteiger partial charge on any atom is -0.371 e. The summed E-state index contributed by atoms with van der Waals surface area (Å²) in [5.74, 6) is 1.41. The van der Waals surface area contributed by atoms with Crippen molar-refractivity contribution in [2.45, 2.75) is 38.0 Å². The van der Waals surface area contributed by atoms with Gasteiger partial charge in [0.15, 0.2) is 0 Å². The Morgan fingerprint density at radius 2 is 2.16 bits per heavy atom. The van der Waals surface area contributed by atoms with E-state index in [1.54, 1.807) is 6.20 Å². The summed E-state index contributed by atoms with van der Waals surface area (Å²) in [4.78, 5) is 16.8. The Morgan fingerprint density at radius 1 is 1.36 bits per heavy atom. The fourth-order valence-corrected chi connectivity index (χ4v) is 3.44. The van der Waals surface area contributed by atoms with E-state index >= 15 is 0 Å². The van der Waals surface area contributed by atoms with Crippen LogP contribution >= 0.6 is 0 Å². The summed E-state index contributed by atoms with van der Waals surface area (Å²) in [5, 5.41) is 6.06. The molecule has 0 bridgehead atoms. The van der Waals surface area contributed by atoms with E-state index in [0.717, 1.165) is 25.1 Å². The molecule has 1 aliphatic heterocycles. The van der Waals surface area contributed by atoms with E-state index in [9.17, 15) is 4.79 Å². The number of nitrogens with one attached hydrogen (secondary N) is 2. The zero-order chi connectivity index (χ0) is 17.2. The van der Waals surface area contributed by atoms with Crippen molar-refractivity contribution in [2.24, 2.45) is 13.0 Å². The molecule has 1 saturated carbocycles. The Balaban J connectivity index is 1.31. The molecule has 1 aromatic heterocycles. The SMILES string of the molecule is Cn1ccnc1C(NC(=O)NC[C@@H]1Cc2ccccc2CO1)C1CC1. The predicted molar refractivity (Wildman–Crippen MR) is 93.9 cm³/mol. The molecule has 4 rings (SSSR count). The van der Waals surface area contributed by atoms with Crippen LogP contribution in [0.3, 0.4) is 0 Å². The highest BCUT2D eigenvalue weighted by atomic mass is 16.5. The van der Waals surface area contributed by atoms with Crippen LogP contribution in [0.25, 0.3) is 0 Å². The molecule has 1 aromatic carbocycles. The second-order valence-electron chi connectivity index (χ2n) is 6.97. The number of rotatable bonds is 5. The normalized spacial score (nSPS) is 20.6. The van der Waals surface area contributed by atoms with Gasteiger partial charge in [-0.15, -0.1) is 0 Å². The van der Waals surface area contributed by atoms with Gasteiger partial charge < -0.3 is 19.9 Å². The smallest absolute Gasteiger partial charge is 0.315 e. The fraction of sp³-hybridized carbons (Fsp3) is 0.474. The predicted octanol–water partition coefficient (Wildman–Crippen LogP) is 2.31. The molecule has 132 valence electrons. The number of hydrogen-bond donors (Lipinski definition) is 2. The van der Waals surface area contributed by atoms with E-state index in [0.29, 0.717) is 19.1 Å². The summed E-state index contributed by atoms with van der Waals surface area (Å²) in [5.41, 5.74) is 2.55. The zero-order valence-corrected chi connectivity index (χ0v) is 14.4. The summed E-state index contributed by atoms with van der Waals surface area (Å²) >= 11 is 0. The van der Waals surface area contributed by atoms with Crippen LogP contribution in [-0.2, 0) is 24.8 Å². The molecule has 1 unspecified atom stereocenters. The minimum absolute atomic E-state index is 0.0204. The second-order valence-corrected chi connectivity index (χ2v) is 6.97. The van der Waals surface area contributed by atoms with Crippen LogP contribution in [0.1, 0.15) is 35.8 Å². The summed E-state index contributed by atoms with van der Waals surface area (Å²) in [6.45, 7) is 1.13. The zero-order valence-electron chi connectivity index (χ0n) is 14.4. The van der Waals surface area contributed by atoms with Gasteiger partial charge in [-0.3, -0.25) is 0 Å². The lowest BCUT2D eigenvalue weighted by Gasteiger charge is -2.26. The largest absolute Gasteiger partial charge is 0.371 e. The first-order chi connectivity index (χ1) is 12.2. The molecular formula is C19H24N4O2. The van der Waals surface area contributed by atoms with Crippen molar-refractivity contribution in [3.63, 3.8) is 0 Å². The maximum Gasteiger partial charge on any atom is 0.315 e.